The van der Waals surface area contributed by atoms with Crippen LogP contribution in [0, 0.1) is 18.3 Å². The van der Waals surface area contributed by atoms with Gasteiger partial charge in [-0.05, 0) is 30.0 Å². The summed E-state index contributed by atoms with van der Waals surface area (Å²) in [5, 5.41) is 11.9. The minimum atomic E-state index is -0.815. The molecule has 0 saturated heterocycles. The summed E-state index contributed by atoms with van der Waals surface area (Å²) in [6.07, 6.45) is 1.44. The van der Waals surface area contributed by atoms with E-state index >= 15 is 0 Å². The molecule has 1 amide bonds. The topological polar surface area (TPSA) is 79.2 Å². The van der Waals surface area contributed by atoms with Crippen LogP contribution in [0.1, 0.15) is 29.5 Å². The number of nitriles is 1. The molecule has 2 aromatic carbocycles. The Kier molecular flexibility index (Phi) is 7.33. The predicted molar refractivity (Wildman–Crippen MR) is 104 cm³/mol. The van der Waals surface area contributed by atoms with E-state index in [1.54, 1.807) is 12.1 Å². The van der Waals surface area contributed by atoms with Crippen molar-refractivity contribution in [2.24, 2.45) is 0 Å². The monoisotopic (exact) mass is 362 g/mol. The van der Waals surface area contributed by atoms with E-state index in [1.165, 1.54) is 6.08 Å². The zero-order chi connectivity index (χ0) is 19.6. The van der Waals surface area contributed by atoms with Gasteiger partial charge < -0.3 is 10.1 Å². The first-order valence-electron chi connectivity index (χ1n) is 8.67. The molecular formula is C22H22N2O3. The Morgan fingerprint density at radius 2 is 1.81 bits per heavy atom. The van der Waals surface area contributed by atoms with Crippen LogP contribution in [0.4, 0.5) is 0 Å². The number of aryl methyl sites for hydroxylation is 1. The number of rotatable bonds is 7. The molecule has 1 N–H and O–H groups in total. The lowest BCUT2D eigenvalue weighted by Crippen LogP contribution is -2.31. The number of benzene rings is 2. The molecule has 1 atom stereocenters. The quantitative estimate of drug-likeness (QED) is 0.465. The van der Waals surface area contributed by atoms with E-state index in [0.29, 0.717) is 6.54 Å². The van der Waals surface area contributed by atoms with E-state index in [4.69, 9.17) is 10.00 Å². The van der Waals surface area contributed by atoms with Crippen LogP contribution in [0.15, 0.2) is 60.2 Å². The molecule has 27 heavy (non-hydrogen) atoms. The molecule has 0 aliphatic rings. The van der Waals surface area contributed by atoms with Crippen molar-refractivity contribution >= 4 is 18.0 Å². The standard InChI is InChI=1S/C22H22N2O3/c1-16-8-10-18(11-9-16)12-20(13-23)22(26)27-15-21(25)24-14-17(2)19-6-4-3-5-7-19/h3-12,17H,14-15H2,1-2H3,(H,24,25)/b20-12+/t17-/m0/s1. The lowest BCUT2D eigenvalue weighted by molar-refractivity contribution is -0.144. The number of nitrogens with one attached hydrogen (secondary N) is 1. The summed E-state index contributed by atoms with van der Waals surface area (Å²) < 4.78 is 4.95. The molecule has 0 aromatic heterocycles. The number of esters is 1. The smallest absolute Gasteiger partial charge is 0.349 e. The minimum Gasteiger partial charge on any atom is -0.451 e. The van der Waals surface area contributed by atoms with Gasteiger partial charge >= 0.3 is 5.97 Å². The summed E-state index contributed by atoms with van der Waals surface area (Å²) in [7, 11) is 0. The van der Waals surface area contributed by atoms with Gasteiger partial charge in [0.2, 0.25) is 0 Å². The van der Waals surface area contributed by atoms with E-state index in [2.05, 4.69) is 5.32 Å². The van der Waals surface area contributed by atoms with Crippen molar-refractivity contribution in [3.63, 3.8) is 0 Å². The molecule has 5 heteroatoms. The first-order valence-corrected chi connectivity index (χ1v) is 8.67. The third-order valence-electron chi connectivity index (χ3n) is 4.04. The van der Waals surface area contributed by atoms with Crippen molar-refractivity contribution in [3.05, 3.63) is 76.9 Å². The molecule has 0 spiro atoms. The van der Waals surface area contributed by atoms with Crippen molar-refractivity contribution in [2.75, 3.05) is 13.2 Å². The largest absolute Gasteiger partial charge is 0.451 e. The zero-order valence-corrected chi connectivity index (χ0v) is 15.4. The number of nitrogens with zero attached hydrogens (tertiary/aromatic N) is 1. The van der Waals surface area contributed by atoms with Gasteiger partial charge in [0.25, 0.3) is 5.91 Å². The Morgan fingerprint density at radius 1 is 1.15 bits per heavy atom. The summed E-state index contributed by atoms with van der Waals surface area (Å²) in [6, 6.07) is 19.0. The van der Waals surface area contributed by atoms with Crippen molar-refractivity contribution in [1.29, 1.82) is 5.26 Å². The van der Waals surface area contributed by atoms with Gasteiger partial charge in [0.05, 0.1) is 0 Å². The van der Waals surface area contributed by atoms with E-state index < -0.39 is 18.5 Å². The van der Waals surface area contributed by atoms with Gasteiger partial charge in [0.1, 0.15) is 11.6 Å². The highest BCUT2D eigenvalue weighted by molar-refractivity contribution is 5.98. The summed E-state index contributed by atoms with van der Waals surface area (Å²) >= 11 is 0. The fourth-order valence-corrected chi connectivity index (χ4v) is 2.39. The second kappa shape index (κ2) is 9.93. The number of amides is 1. The molecule has 2 aromatic rings. The van der Waals surface area contributed by atoms with Crippen molar-refractivity contribution in [1.82, 2.24) is 5.32 Å². The van der Waals surface area contributed by atoms with Crippen LogP contribution in [-0.2, 0) is 14.3 Å². The van der Waals surface area contributed by atoms with E-state index in [0.717, 1.165) is 16.7 Å². The molecule has 0 heterocycles. The average molecular weight is 362 g/mol. The van der Waals surface area contributed by atoms with Gasteiger partial charge in [0, 0.05) is 6.54 Å². The first-order chi connectivity index (χ1) is 13.0. The first kappa shape index (κ1) is 19.9. The fraction of sp³-hybridized carbons (Fsp3) is 0.227. The molecule has 0 saturated carbocycles. The van der Waals surface area contributed by atoms with Gasteiger partial charge in [-0.1, -0.05) is 67.1 Å². The molecule has 2 rings (SSSR count). The van der Waals surface area contributed by atoms with Gasteiger partial charge in [-0.3, -0.25) is 4.79 Å². The minimum absolute atomic E-state index is 0.141. The van der Waals surface area contributed by atoms with Crippen LogP contribution in [0.5, 0.6) is 0 Å². The second-order valence-corrected chi connectivity index (χ2v) is 6.27. The third kappa shape index (κ3) is 6.44. The predicted octanol–water partition coefficient (Wildman–Crippen LogP) is 3.37. The number of carbonyl (C=O) groups is 2. The van der Waals surface area contributed by atoms with Gasteiger partial charge in [0.15, 0.2) is 6.61 Å². The molecular weight excluding hydrogens is 340 g/mol. The van der Waals surface area contributed by atoms with E-state index in [-0.39, 0.29) is 11.5 Å². The Morgan fingerprint density at radius 3 is 2.44 bits per heavy atom. The summed E-state index contributed by atoms with van der Waals surface area (Å²) in [5.74, 6) is -1.08. The summed E-state index contributed by atoms with van der Waals surface area (Å²) in [5.41, 5.74) is 2.76. The molecule has 0 aliphatic carbocycles. The van der Waals surface area contributed by atoms with Gasteiger partial charge in [-0.25, -0.2) is 4.79 Å². The molecule has 0 radical (unpaired) electrons. The van der Waals surface area contributed by atoms with Crippen molar-refractivity contribution in [3.8, 4) is 6.07 Å². The lowest BCUT2D eigenvalue weighted by Gasteiger charge is -2.13. The number of ether oxygens (including phenoxy) is 1. The van der Waals surface area contributed by atoms with Crippen molar-refractivity contribution < 1.29 is 14.3 Å². The highest BCUT2D eigenvalue weighted by atomic mass is 16.5. The summed E-state index contributed by atoms with van der Waals surface area (Å²) in [6.45, 7) is 3.96. The Balaban J connectivity index is 1.83. The number of hydrogen-bond donors (Lipinski definition) is 1. The summed E-state index contributed by atoms with van der Waals surface area (Å²) in [4.78, 5) is 23.9. The Hall–Kier alpha value is -3.39. The highest BCUT2D eigenvalue weighted by Gasteiger charge is 2.14. The normalized spacial score (nSPS) is 12.0. The molecule has 0 fully saturated rings. The van der Waals surface area contributed by atoms with Gasteiger partial charge in [-0.15, -0.1) is 0 Å². The van der Waals surface area contributed by atoms with Crippen LogP contribution < -0.4 is 5.32 Å². The van der Waals surface area contributed by atoms with E-state index in [1.807, 2.05) is 62.4 Å². The molecule has 0 bridgehead atoms. The average Bonchev–Trinajstić information content (AvgIpc) is 2.70. The fourth-order valence-electron chi connectivity index (χ4n) is 2.39. The van der Waals surface area contributed by atoms with Crippen LogP contribution in [0.25, 0.3) is 6.08 Å². The van der Waals surface area contributed by atoms with Crippen LogP contribution in [0.2, 0.25) is 0 Å². The number of carbonyl (C=O) groups excluding carboxylic acids is 2. The second-order valence-electron chi connectivity index (χ2n) is 6.27. The molecule has 0 aliphatic heterocycles. The Bertz CT molecular complexity index is 849. The highest BCUT2D eigenvalue weighted by Crippen LogP contribution is 2.13. The number of hydrogen-bond acceptors (Lipinski definition) is 4. The molecule has 5 nitrogen and oxygen atoms in total. The van der Waals surface area contributed by atoms with E-state index in [9.17, 15) is 9.59 Å². The maximum atomic E-state index is 12.0. The maximum absolute atomic E-state index is 12.0. The Labute approximate surface area is 159 Å². The van der Waals surface area contributed by atoms with Gasteiger partial charge in [-0.2, -0.15) is 5.26 Å². The maximum Gasteiger partial charge on any atom is 0.349 e. The SMILES string of the molecule is Cc1ccc(/C=C(\C#N)C(=O)OCC(=O)NC[C@H](C)c2ccccc2)cc1. The third-order valence-corrected chi connectivity index (χ3v) is 4.04. The van der Waals surface area contributed by atoms with Crippen LogP contribution in [0.3, 0.4) is 0 Å². The molecule has 138 valence electrons. The van der Waals surface area contributed by atoms with Crippen LogP contribution >= 0.6 is 0 Å². The lowest BCUT2D eigenvalue weighted by atomic mass is 10.0. The zero-order valence-electron chi connectivity index (χ0n) is 15.4. The van der Waals surface area contributed by atoms with Crippen LogP contribution in [-0.4, -0.2) is 25.0 Å². The van der Waals surface area contributed by atoms with Crippen molar-refractivity contribution in [2.45, 2.75) is 19.8 Å². The molecule has 0 unspecified atom stereocenters.